The minimum Gasteiger partial charge on any atom is -0.502 e. The fraction of sp³-hybridized carbons (Fsp3) is 0.333. The summed E-state index contributed by atoms with van der Waals surface area (Å²) in [7, 11) is 4.67. The minimum absolute atomic E-state index is 0.0186. The number of phenols is 1. The molecule has 0 aromatic heterocycles. The number of aromatic hydroxyl groups is 1. The normalized spacial score (nSPS) is 18.5. The fourth-order valence-corrected chi connectivity index (χ4v) is 3.38. The van der Waals surface area contributed by atoms with E-state index in [0.29, 0.717) is 17.2 Å². The maximum Gasteiger partial charge on any atom is 0.200 e. The third-order valence-corrected chi connectivity index (χ3v) is 4.71. The number of ether oxygens (including phenoxy) is 4. The highest BCUT2D eigenvalue weighted by molar-refractivity contribution is 5.62. The molecule has 1 aliphatic heterocycles. The lowest BCUT2D eigenvalue weighted by molar-refractivity contribution is 0.207. The standard InChI is InChI=1S/C21H24O5/c1-6-7-13-8-15-12(2)20(26-21(15)18(9-13)25-5)14-10-16(23-3)19(22)17(11-14)24-4/h6-12,20,22H,1-5H3/b7-6+/t12-,20-/m1/s1. The van der Waals surface area contributed by atoms with Crippen LogP contribution in [-0.2, 0) is 0 Å². The second kappa shape index (κ2) is 7.20. The molecule has 5 heteroatoms. The summed E-state index contributed by atoms with van der Waals surface area (Å²) in [4.78, 5) is 0. The summed E-state index contributed by atoms with van der Waals surface area (Å²) in [6.45, 7) is 4.10. The maximum atomic E-state index is 10.2. The first-order valence-corrected chi connectivity index (χ1v) is 8.50. The van der Waals surface area contributed by atoms with Crippen LogP contribution in [-0.4, -0.2) is 26.4 Å². The molecule has 0 fully saturated rings. The van der Waals surface area contributed by atoms with E-state index in [1.807, 2.05) is 25.1 Å². The van der Waals surface area contributed by atoms with Gasteiger partial charge in [-0.2, -0.15) is 0 Å². The minimum atomic E-state index is -0.233. The maximum absolute atomic E-state index is 10.2. The largest absolute Gasteiger partial charge is 0.502 e. The zero-order chi connectivity index (χ0) is 18.8. The highest BCUT2D eigenvalue weighted by Gasteiger charge is 2.36. The van der Waals surface area contributed by atoms with E-state index in [2.05, 4.69) is 13.0 Å². The molecule has 138 valence electrons. The molecule has 1 heterocycles. The van der Waals surface area contributed by atoms with E-state index in [-0.39, 0.29) is 17.8 Å². The molecule has 2 atom stereocenters. The molecule has 0 unspecified atom stereocenters. The molecule has 0 radical (unpaired) electrons. The molecule has 0 bridgehead atoms. The second-order valence-electron chi connectivity index (χ2n) is 6.24. The first-order chi connectivity index (χ1) is 12.5. The summed E-state index contributed by atoms with van der Waals surface area (Å²) in [5, 5.41) is 10.2. The van der Waals surface area contributed by atoms with E-state index in [9.17, 15) is 5.11 Å². The third-order valence-electron chi connectivity index (χ3n) is 4.71. The molecule has 2 aromatic rings. The number of phenolic OH excluding ortho intramolecular Hbond substituents is 1. The number of methoxy groups -OCH3 is 3. The van der Waals surface area contributed by atoms with Gasteiger partial charge in [0.1, 0.15) is 6.10 Å². The average molecular weight is 356 g/mol. The molecule has 0 aliphatic carbocycles. The van der Waals surface area contributed by atoms with Crippen molar-refractivity contribution in [2.75, 3.05) is 21.3 Å². The van der Waals surface area contributed by atoms with E-state index in [0.717, 1.165) is 22.4 Å². The number of fused-ring (bicyclic) bond motifs is 1. The molecule has 2 aromatic carbocycles. The first kappa shape index (κ1) is 18.0. The number of hydrogen-bond acceptors (Lipinski definition) is 5. The van der Waals surface area contributed by atoms with Gasteiger partial charge in [0.05, 0.1) is 21.3 Å². The Labute approximate surface area is 153 Å². The number of hydrogen-bond donors (Lipinski definition) is 1. The Morgan fingerprint density at radius 1 is 0.962 bits per heavy atom. The molecule has 0 spiro atoms. The van der Waals surface area contributed by atoms with Gasteiger partial charge in [0, 0.05) is 17.0 Å². The Morgan fingerprint density at radius 2 is 1.58 bits per heavy atom. The Kier molecular flexibility index (Phi) is 4.98. The van der Waals surface area contributed by atoms with Crippen LogP contribution in [0.2, 0.25) is 0 Å². The Hall–Kier alpha value is -2.82. The smallest absolute Gasteiger partial charge is 0.200 e. The van der Waals surface area contributed by atoms with Crippen LogP contribution in [0.5, 0.6) is 28.7 Å². The van der Waals surface area contributed by atoms with E-state index in [1.165, 1.54) is 14.2 Å². The summed E-state index contributed by atoms with van der Waals surface area (Å²) in [5.74, 6) is 2.25. The molecule has 26 heavy (non-hydrogen) atoms. The quantitative estimate of drug-likeness (QED) is 0.842. The van der Waals surface area contributed by atoms with Crippen LogP contribution >= 0.6 is 0 Å². The number of benzene rings is 2. The summed E-state index contributed by atoms with van der Waals surface area (Å²) >= 11 is 0. The van der Waals surface area contributed by atoms with Gasteiger partial charge in [0.25, 0.3) is 0 Å². The van der Waals surface area contributed by atoms with E-state index in [4.69, 9.17) is 18.9 Å². The van der Waals surface area contributed by atoms with Crippen LogP contribution in [0.4, 0.5) is 0 Å². The summed E-state index contributed by atoms with van der Waals surface area (Å²) in [5.41, 5.74) is 3.03. The summed E-state index contributed by atoms with van der Waals surface area (Å²) in [6.07, 6.45) is 3.80. The van der Waals surface area contributed by atoms with Gasteiger partial charge in [0.2, 0.25) is 5.75 Å². The van der Waals surface area contributed by atoms with Gasteiger partial charge >= 0.3 is 0 Å². The van der Waals surface area contributed by atoms with Crippen molar-refractivity contribution < 1.29 is 24.1 Å². The van der Waals surface area contributed by atoms with Crippen molar-refractivity contribution in [2.45, 2.75) is 25.9 Å². The van der Waals surface area contributed by atoms with Crippen LogP contribution in [0.3, 0.4) is 0 Å². The molecular weight excluding hydrogens is 332 g/mol. The average Bonchev–Trinajstić information content (AvgIpc) is 2.98. The molecule has 1 N–H and O–H groups in total. The molecule has 0 saturated carbocycles. The highest BCUT2D eigenvalue weighted by atomic mass is 16.5. The lowest BCUT2D eigenvalue weighted by Gasteiger charge is -2.18. The fourth-order valence-electron chi connectivity index (χ4n) is 3.38. The molecular formula is C21H24O5. The Morgan fingerprint density at radius 3 is 2.12 bits per heavy atom. The van der Waals surface area contributed by atoms with Gasteiger partial charge in [-0.25, -0.2) is 0 Å². The number of allylic oxidation sites excluding steroid dienone is 1. The van der Waals surface area contributed by atoms with Crippen molar-refractivity contribution in [3.05, 3.63) is 47.0 Å². The SMILES string of the molecule is C/C=C/c1cc(OC)c2c(c1)[C@@H](C)[C@H](c1cc(OC)c(O)c(OC)c1)O2. The van der Waals surface area contributed by atoms with Gasteiger partial charge in [-0.3, -0.25) is 0 Å². The lowest BCUT2D eigenvalue weighted by atomic mass is 9.91. The Bertz CT molecular complexity index is 816. The van der Waals surface area contributed by atoms with Crippen molar-refractivity contribution in [3.63, 3.8) is 0 Å². The molecule has 0 amide bonds. The van der Waals surface area contributed by atoms with Crippen LogP contribution in [0.1, 0.15) is 42.6 Å². The highest BCUT2D eigenvalue weighted by Crippen LogP contribution is 2.52. The van der Waals surface area contributed by atoms with Crippen LogP contribution < -0.4 is 18.9 Å². The van der Waals surface area contributed by atoms with Gasteiger partial charge in [0.15, 0.2) is 23.0 Å². The number of rotatable bonds is 5. The monoisotopic (exact) mass is 356 g/mol. The molecule has 1 aliphatic rings. The van der Waals surface area contributed by atoms with Crippen molar-refractivity contribution >= 4 is 6.08 Å². The van der Waals surface area contributed by atoms with Crippen molar-refractivity contribution in [2.24, 2.45) is 0 Å². The summed E-state index contributed by atoms with van der Waals surface area (Å²) < 4.78 is 22.3. The van der Waals surface area contributed by atoms with Gasteiger partial charge in [-0.05, 0) is 36.8 Å². The second-order valence-corrected chi connectivity index (χ2v) is 6.24. The zero-order valence-electron chi connectivity index (χ0n) is 15.7. The van der Waals surface area contributed by atoms with Gasteiger partial charge in [-0.15, -0.1) is 0 Å². The zero-order valence-corrected chi connectivity index (χ0v) is 15.7. The predicted octanol–water partition coefficient (Wildman–Crippen LogP) is 4.69. The first-order valence-electron chi connectivity index (χ1n) is 8.50. The van der Waals surface area contributed by atoms with Crippen molar-refractivity contribution in [3.8, 4) is 28.7 Å². The van der Waals surface area contributed by atoms with E-state index < -0.39 is 0 Å². The van der Waals surface area contributed by atoms with E-state index >= 15 is 0 Å². The molecule has 3 rings (SSSR count). The van der Waals surface area contributed by atoms with Crippen molar-refractivity contribution in [1.82, 2.24) is 0 Å². The predicted molar refractivity (Wildman–Crippen MR) is 101 cm³/mol. The summed E-state index contributed by atoms with van der Waals surface area (Å²) in [6, 6.07) is 7.65. The van der Waals surface area contributed by atoms with E-state index in [1.54, 1.807) is 19.2 Å². The van der Waals surface area contributed by atoms with Crippen LogP contribution in [0, 0.1) is 0 Å². The third kappa shape index (κ3) is 2.94. The van der Waals surface area contributed by atoms with Crippen LogP contribution in [0.15, 0.2) is 30.3 Å². The van der Waals surface area contributed by atoms with Gasteiger partial charge < -0.3 is 24.1 Å². The lowest BCUT2D eigenvalue weighted by Crippen LogP contribution is -2.08. The van der Waals surface area contributed by atoms with Crippen molar-refractivity contribution in [1.29, 1.82) is 0 Å². The van der Waals surface area contributed by atoms with Crippen LogP contribution in [0.25, 0.3) is 6.08 Å². The molecule has 0 saturated heterocycles. The molecule has 5 nitrogen and oxygen atoms in total. The van der Waals surface area contributed by atoms with Gasteiger partial charge in [-0.1, -0.05) is 19.1 Å². The Balaban J connectivity index is 2.07. The topological polar surface area (TPSA) is 57.2 Å².